The molecule has 232 valence electrons. The molecule has 10 heteroatoms. The first-order valence-electron chi connectivity index (χ1n) is 15.1. The Labute approximate surface area is 273 Å². The number of carbonyl (C=O) groups is 4. The fourth-order valence-corrected chi connectivity index (χ4v) is 6.06. The second-order valence-corrected chi connectivity index (χ2v) is 11.2. The van der Waals surface area contributed by atoms with E-state index in [1.165, 1.54) is 36.7 Å². The Morgan fingerprint density at radius 2 is 0.792 bits per heavy atom. The van der Waals surface area contributed by atoms with Crippen LogP contribution in [0, 0.1) is 0 Å². The van der Waals surface area contributed by atoms with Gasteiger partial charge in [-0.25, -0.2) is 19.8 Å². The summed E-state index contributed by atoms with van der Waals surface area (Å²) in [6.45, 7) is 0.398. The summed E-state index contributed by atoms with van der Waals surface area (Å²) < 4.78 is 12.0. The fourth-order valence-electron chi connectivity index (χ4n) is 6.06. The molecule has 0 saturated heterocycles. The van der Waals surface area contributed by atoms with E-state index >= 15 is 0 Å². The highest BCUT2D eigenvalue weighted by molar-refractivity contribution is 6.42. The SMILES string of the molecule is O=C1c2ccc3c4c(ccc(c24)C(=O)N1c1ncccc1OCc1ccccc1)C(=O)N(c1ncccc1OCc1ccccc1)C3=O. The summed E-state index contributed by atoms with van der Waals surface area (Å²) in [5, 5.41) is 0.476. The van der Waals surface area contributed by atoms with Gasteiger partial charge in [0, 0.05) is 45.4 Å². The Morgan fingerprint density at radius 3 is 1.15 bits per heavy atom. The molecule has 48 heavy (non-hydrogen) atoms. The van der Waals surface area contributed by atoms with E-state index in [-0.39, 0.29) is 69.4 Å². The fraction of sp³-hybridized carbons (Fsp3) is 0.0526. The first-order chi connectivity index (χ1) is 23.5. The average Bonchev–Trinajstić information content (AvgIpc) is 3.13. The summed E-state index contributed by atoms with van der Waals surface area (Å²) in [5.41, 5.74) is 2.42. The first kappa shape index (κ1) is 28.8. The largest absolute Gasteiger partial charge is 0.485 e. The van der Waals surface area contributed by atoms with Crippen LogP contribution >= 0.6 is 0 Å². The van der Waals surface area contributed by atoms with E-state index in [0.29, 0.717) is 0 Å². The summed E-state index contributed by atoms with van der Waals surface area (Å²) in [5.74, 6) is -2.02. The molecule has 10 nitrogen and oxygen atoms in total. The van der Waals surface area contributed by atoms with Crippen LogP contribution in [0.25, 0.3) is 10.8 Å². The Balaban J connectivity index is 1.16. The molecule has 2 aromatic heterocycles. The third-order valence-corrected chi connectivity index (χ3v) is 8.29. The van der Waals surface area contributed by atoms with Gasteiger partial charge >= 0.3 is 0 Å². The van der Waals surface area contributed by atoms with Gasteiger partial charge in [-0.3, -0.25) is 19.2 Å². The van der Waals surface area contributed by atoms with Crippen molar-refractivity contribution < 1.29 is 28.7 Å². The second kappa shape index (κ2) is 11.6. The van der Waals surface area contributed by atoms with E-state index in [4.69, 9.17) is 9.47 Å². The molecular weight excluding hydrogens is 608 g/mol. The highest BCUT2D eigenvalue weighted by Gasteiger charge is 2.42. The van der Waals surface area contributed by atoms with E-state index in [9.17, 15) is 19.2 Å². The molecule has 0 aliphatic carbocycles. The van der Waals surface area contributed by atoms with Gasteiger partial charge in [0.15, 0.2) is 23.1 Å². The minimum Gasteiger partial charge on any atom is -0.485 e. The number of pyridine rings is 2. The van der Waals surface area contributed by atoms with Crippen LogP contribution in [-0.2, 0) is 13.2 Å². The van der Waals surface area contributed by atoms with Gasteiger partial charge < -0.3 is 9.47 Å². The van der Waals surface area contributed by atoms with Crippen LogP contribution in [0.3, 0.4) is 0 Å². The van der Waals surface area contributed by atoms with Crippen molar-refractivity contribution in [2.24, 2.45) is 0 Å². The van der Waals surface area contributed by atoms with Gasteiger partial charge in [0.2, 0.25) is 0 Å². The topological polar surface area (TPSA) is 119 Å². The summed E-state index contributed by atoms with van der Waals surface area (Å²) >= 11 is 0. The van der Waals surface area contributed by atoms with Gasteiger partial charge in [-0.2, -0.15) is 0 Å². The summed E-state index contributed by atoms with van der Waals surface area (Å²) in [4.78, 5) is 66.9. The number of rotatable bonds is 8. The van der Waals surface area contributed by atoms with Crippen molar-refractivity contribution in [3.63, 3.8) is 0 Å². The number of hydrogen-bond donors (Lipinski definition) is 0. The van der Waals surface area contributed by atoms with Crippen molar-refractivity contribution in [3.8, 4) is 11.5 Å². The molecule has 4 aromatic carbocycles. The van der Waals surface area contributed by atoms with Crippen molar-refractivity contribution in [3.05, 3.63) is 155 Å². The molecule has 0 bridgehead atoms. The minimum absolute atomic E-state index is 0.0407. The zero-order valence-electron chi connectivity index (χ0n) is 25.2. The van der Waals surface area contributed by atoms with Crippen LogP contribution in [0.1, 0.15) is 52.6 Å². The van der Waals surface area contributed by atoms with E-state index in [1.807, 2.05) is 60.7 Å². The number of carbonyl (C=O) groups excluding carboxylic acids is 4. The van der Waals surface area contributed by atoms with Crippen LogP contribution in [0.15, 0.2) is 122 Å². The number of hydrogen-bond acceptors (Lipinski definition) is 8. The standard InChI is InChI=1S/C38H24N4O6/c43-35-25-15-17-27-32-28(38(46)42(37(27)45)34-30(14-8-20-40-34)48-22-24-11-5-2-6-12-24)18-16-26(31(25)32)36(44)41(35)33-29(13-7-19-39-33)47-21-23-9-3-1-4-10-23/h1-20H,21-22H2. The highest BCUT2D eigenvalue weighted by Crippen LogP contribution is 2.42. The lowest BCUT2D eigenvalue weighted by Crippen LogP contribution is -2.44. The van der Waals surface area contributed by atoms with Crippen LogP contribution in [0.5, 0.6) is 11.5 Å². The predicted molar refractivity (Wildman–Crippen MR) is 176 cm³/mol. The second-order valence-electron chi connectivity index (χ2n) is 11.2. The highest BCUT2D eigenvalue weighted by atomic mass is 16.5. The molecule has 6 aromatic rings. The van der Waals surface area contributed by atoms with Crippen molar-refractivity contribution in [1.82, 2.24) is 9.97 Å². The van der Waals surface area contributed by atoms with Crippen molar-refractivity contribution in [1.29, 1.82) is 0 Å². The number of ether oxygens (including phenoxy) is 2. The van der Waals surface area contributed by atoms with Gasteiger partial charge in [0.05, 0.1) is 0 Å². The maximum Gasteiger partial charge on any atom is 0.267 e. The van der Waals surface area contributed by atoms with Crippen LogP contribution in [0.2, 0.25) is 0 Å². The number of nitrogens with zero attached hydrogens (tertiary/aromatic N) is 4. The van der Waals surface area contributed by atoms with E-state index in [2.05, 4.69) is 9.97 Å². The third kappa shape index (κ3) is 4.66. The van der Waals surface area contributed by atoms with Gasteiger partial charge in [-0.1, -0.05) is 60.7 Å². The van der Waals surface area contributed by atoms with Crippen molar-refractivity contribution in [2.75, 3.05) is 9.80 Å². The number of benzene rings is 4. The van der Waals surface area contributed by atoms with Crippen LogP contribution in [0.4, 0.5) is 11.6 Å². The Hall–Kier alpha value is -6.68. The third-order valence-electron chi connectivity index (χ3n) is 8.29. The van der Waals surface area contributed by atoms with Gasteiger partial charge in [0.1, 0.15) is 13.2 Å². The zero-order valence-corrected chi connectivity index (χ0v) is 25.2. The van der Waals surface area contributed by atoms with Crippen LogP contribution < -0.4 is 19.3 Å². The molecule has 4 heterocycles. The van der Waals surface area contributed by atoms with Gasteiger partial charge in [0.25, 0.3) is 23.6 Å². The number of anilines is 2. The molecule has 0 N–H and O–H groups in total. The molecule has 2 aliphatic heterocycles. The molecule has 0 radical (unpaired) electrons. The van der Waals surface area contributed by atoms with Crippen molar-refractivity contribution >= 4 is 46.0 Å². The summed E-state index contributed by atoms with van der Waals surface area (Å²) in [7, 11) is 0. The number of imide groups is 2. The Bertz CT molecular complexity index is 2060. The molecule has 8 rings (SSSR count). The Morgan fingerprint density at radius 1 is 0.438 bits per heavy atom. The molecule has 2 aliphatic rings. The quantitative estimate of drug-likeness (QED) is 0.177. The smallest absolute Gasteiger partial charge is 0.267 e. The monoisotopic (exact) mass is 632 g/mol. The maximum atomic E-state index is 14.1. The van der Waals surface area contributed by atoms with Gasteiger partial charge in [-0.15, -0.1) is 0 Å². The zero-order chi connectivity index (χ0) is 32.8. The molecule has 4 amide bonds. The normalized spacial score (nSPS) is 13.7. The molecule has 0 atom stereocenters. The number of aromatic nitrogens is 2. The molecule has 0 unspecified atom stereocenters. The molecule has 0 saturated carbocycles. The molecule has 0 spiro atoms. The van der Waals surface area contributed by atoms with Crippen LogP contribution in [-0.4, -0.2) is 33.6 Å². The van der Waals surface area contributed by atoms with Crippen molar-refractivity contribution in [2.45, 2.75) is 13.2 Å². The lowest BCUT2D eigenvalue weighted by molar-refractivity contribution is 0.0870. The predicted octanol–water partition coefficient (Wildman–Crippen LogP) is 6.39. The average molecular weight is 633 g/mol. The van der Waals surface area contributed by atoms with E-state index < -0.39 is 23.6 Å². The van der Waals surface area contributed by atoms with E-state index in [1.54, 1.807) is 24.3 Å². The summed E-state index contributed by atoms with van der Waals surface area (Å²) in [6, 6.07) is 31.5. The lowest BCUT2D eigenvalue weighted by Gasteiger charge is -2.31. The lowest BCUT2D eigenvalue weighted by atomic mass is 9.86. The Kier molecular flexibility index (Phi) is 6.95. The van der Waals surface area contributed by atoms with E-state index in [0.717, 1.165) is 20.9 Å². The maximum absolute atomic E-state index is 14.1. The van der Waals surface area contributed by atoms with Gasteiger partial charge in [-0.05, 0) is 59.7 Å². The number of amides is 4. The summed E-state index contributed by atoms with van der Waals surface area (Å²) in [6.07, 6.45) is 2.95. The first-order valence-corrected chi connectivity index (χ1v) is 15.1. The molecular formula is C38H24N4O6. The molecule has 0 fully saturated rings. The minimum atomic E-state index is -0.650.